The molecule has 1 unspecified atom stereocenters. The van der Waals surface area contributed by atoms with Crippen molar-refractivity contribution in [3.8, 4) is 0 Å². The highest BCUT2D eigenvalue weighted by atomic mass is 19.4. The maximum Gasteiger partial charge on any atom is 0.408 e. The highest BCUT2D eigenvalue weighted by Crippen LogP contribution is 2.19. The van der Waals surface area contributed by atoms with Gasteiger partial charge in [0.1, 0.15) is 6.54 Å². The summed E-state index contributed by atoms with van der Waals surface area (Å²) in [6, 6.07) is 11.3. The zero-order valence-corrected chi connectivity index (χ0v) is 13.4. The standard InChI is InChI=1S/C17H18F3N5/c18-17(19,20)12-25-15(6-7-23-25)10-22-16(11-24-9-8-21-13-24)14-4-2-1-3-5-14/h1-9,13,16,22H,10-12H2. The number of alkyl halides is 3. The van der Waals surface area contributed by atoms with E-state index in [0.717, 1.165) is 10.2 Å². The normalized spacial score (nSPS) is 13.1. The van der Waals surface area contributed by atoms with Crippen molar-refractivity contribution in [3.05, 3.63) is 72.6 Å². The number of nitrogens with zero attached hydrogens (tertiary/aromatic N) is 4. The molecule has 0 amide bonds. The lowest BCUT2D eigenvalue weighted by molar-refractivity contribution is -0.143. The van der Waals surface area contributed by atoms with E-state index in [9.17, 15) is 13.2 Å². The highest BCUT2D eigenvalue weighted by molar-refractivity contribution is 5.19. The van der Waals surface area contributed by atoms with Crippen LogP contribution in [0.5, 0.6) is 0 Å². The highest BCUT2D eigenvalue weighted by Gasteiger charge is 2.29. The van der Waals surface area contributed by atoms with E-state index in [1.807, 2.05) is 41.1 Å². The van der Waals surface area contributed by atoms with E-state index in [1.54, 1.807) is 18.6 Å². The van der Waals surface area contributed by atoms with Gasteiger partial charge in [-0.05, 0) is 11.6 Å². The summed E-state index contributed by atoms with van der Waals surface area (Å²) in [6.45, 7) is -0.184. The maximum absolute atomic E-state index is 12.6. The van der Waals surface area contributed by atoms with Gasteiger partial charge in [0.25, 0.3) is 0 Å². The van der Waals surface area contributed by atoms with Gasteiger partial charge in [0.05, 0.1) is 18.1 Å². The predicted octanol–water partition coefficient (Wildman–Crippen LogP) is 3.17. The van der Waals surface area contributed by atoms with E-state index in [1.165, 1.54) is 6.20 Å². The lowest BCUT2D eigenvalue weighted by atomic mass is 10.1. The third kappa shape index (κ3) is 4.93. The van der Waals surface area contributed by atoms with E-state index in [4.69, 9.17) is 0 Å². The molecule has 0 aliphatic rings. The Hall–Kier alpha value is -2.61. The summed E-state index contributed by atoms with van der Waals surface area (Å²) in [4.78, 5) is 4.03. The molecule has 3 rings (SSSR count). The first kappa shape index (κ1) is 17.2. The number of aromatic nitrogens is 4. The van der Waals surface area contributed by atoms with Crippen LogP contribution in [0.2, 0.25) is 0 Å². The molecule has 0 spiro atoms. The lowest BCUT2D eigenvalue weighted by Crippen LogP contribution is -2.27. The number of nitrogens with one attached hydrogen (secondary N) is 1. The van der Waals surface area contributed by atoms with Gasteiger partial charge in [-0.1, -0.05) is 30.3 Å². The average molecular weight is 349 g/mol. The van der Waals surface area contributed by atoms with Crippen LogP contribution in [-0.4, -0.2) is 25.5 Å². The van der Waals surface area contributed by atoms with Gasteiger partial charge in [-0.15, -0.1) is 0 Å². The maximum atomic E-state index is 12.6. The molecular weight excluding hydrogens is 331 g/mol. The quantitative estimate of drug-likeness (QED) is 0.713. The number of rotatable bonds is 7. The van der Waals surface area contributed by atoms with Gasteiger partial charge >= 0.3 is 6.18 Å². The van der Waals surface area contributed by atoms with Gasteiger partial charge in [0, 0.05) is 31.7 Å². The molecule has 2 heterocycles. The molecule has 5 nitrogen and oxygen atoms in total. The smallest absolute Gasteiger partial charge is 0.336 e. The summed E-state index contributed by atoms with van der Waals surface area (Å²) in [5, 5.41) is 7.10. The van der Waals surface area contributed by atoms with Crippen molar-refractivity contribution in [3.63, 3.8) is 0 Å². The molecule has 0 bridgehead atoms. The fourth-order valence-electron chi connectivity index (χ4n) is 2.63. The first-order valence-electron chi connectivity index (χ1n) is 7.83. The van der Waals surface area contributed by atoms with Crippen LogP contribution in [0.1, 0.15) is 17.3 Å². The molecule has 0 saturated carbocycles. The second-order valence-electron chi connectivity index (χ2n) is 5.70. The van der Waals surface area contributed by atoms with Crippen LogP contribution in [0.4, 0.5) is 13.2 Å². The summed E-state index contributed by atoms with van der Waals surface area (Å²) >= 11 is 0. The van der Waals surface area contributed by atoms with Crippen molar-refractivity contribution in [1.82, 2.24) is 24.6 Å². The predicted molar refractivity (Wildman–Crippen MR) is 86.5 cm³/mol. The Kier molecular flexibility index (Phi) is 5.18. The van der Waals surface area contributed by atoms with E-state index in [-0.39, 0.29) is 12.6 Å². The van der Waals surface area contributed by atoms with Crippen LogP contribution in [0.25, 0.3) is 0 Å². The van der Waals surface area contributed by atoms with Crippen molar-refractivity contribution in [1.29, 1.82) is 0 Å². The largest absolute Gasteiger partial charge is 0.408 e. The van der Waals surface area contributed by atoms with Crippen LogP contribution in [0.15, 0.2) is 61.3 Å². The Balaban J connectivity index is 1.72. The van der Waals surface area contributed by atoms with E-state index >= 15 is 0 Å². The molecule has 1 aromatic carbocycles. The Morgan fingerprint density at radius 3 is 2.56 bits per heavy atom. The molecule has 0 radical (unpaired) electrons. The molecule has 2 aromatic heterocycles. The fraction of sp³-hybridized carbons (Fsp3) is 0.294. The third-order valence-electron chi connectivity index (χ3n) is 3.82. The SMILES string of the molecule is FC(F)(F)Cn1nccc1CNC(Cn1ccnc1)c1ccccc1. The minimum atomic E-state index is -4.30. The molecule has 0 aliphatic heterocycles. The van der Waals surface area contributed by atoms with E-state index in [2.05, 4.69) is 15.4 Å². The number of hydrogen-bond donors (Lipinski definition) is 1. The first-order chi connectivity index (χ1) is 12.0. The van der Waals surface area contributed by atoms with Gasteiger partial charge in [-0.3, -0.25) is 4.68 Å². The zero-order chi connectivity index (χ0) is 17.7. The number of hydrogen-bond acceptors (Lipinski definition) is 3. The number of benzene rings is 1. The summed E-state index contributed by atoms with van der Waals surface area (Å²) in [7, 11) is 0. The summed E-state index contributed by atoms with van der Waals surface area (Å²) in [5.41, 5.74) is 1.54. The minimum Gasteiger partial charge on any atom is -0.336 e. The molecular formula is C17H18F3N5. The average Bonchev–Trinajstić information content (AvgIpc) is 3.23. The van der Waals surface area contributed by atoms with Crippen molar-refractivity contribution < 1.29 is 13.2 Å². The van der Waals surface area contributed by atoms with E-state index in [0.29, 0.717) is 12.2 Å². The van der Waals surface area contributed by atoms with Crippen LogP contribution >= 0.6 is 0 Å². The van der Waals surface area contributed by atoms with Crippen LogP contribution in [0.3, 0.4) is 0 Å². The third-order valence-corrected chi connectivity index (χ3v) is 3.82. The molecule has 25 heavy (non-hydrogen) atoms. The molecule has 0 fully saturated rings. The Morgan fingerprint density at radius 1 is 1.08 bits per heavy atom. The monoisotopic (exact) mass is 349 g/mol. The lowest BCUT2D eigenvalue weighted by Gasteiger charge is -2.20. The van der Waals surface area contributed by atoms with Gasteiger partial charge in [-0.25, -0.2) is 4.98 Å². The first-order valence-corrected chi connectivity index (χ1v) is 7.83. The van der Waals surface area contributed by atoms with Crippen molar-refractivity contribution in [2.24, 2.45) is 0 Å². The van der Waals surface area contributed by atoms with Gasteiger partial charge in [0.15, 0.2) is 0 Å². The Labute approximate surface area is 143 Å². The minimum absolute atomic E-state index is 0.0652. The zero-order valence-electron chi connectivity index (χ0n) is 13.4. The molecule has 0 saturated heterocycles. The van der Waals surface area contributed by atoms with Crippen LogP contribution in [0, 0.1) is 0 Å². The second kappa shape index (κ2) is 7.52. The molecule has 3 aromatic rings. The van der Waals surface area contributed by atoms with Crippen molar-refractivity contribution >= 4 is 0 Å². The van der Waals surface area contributed by atoms with E-state index < -0.39 is 12.7 Å². The Morgan fingerprint density at radius 2 is 1.88 bits per heavy atom. The van der Waals surface area contributed by atoms with Crippen molar-refractivity contribution in [2.45, 2.75) is 31.9 Å². The topological polar surface area (TPSA) is 47.7 Å². The molecule has 132 valence electrons. The molecule has 8 heteroatoms. The molecule has 1 atom stereocenters. The molecule has 1 N–H and O–H groups in total. The van der Waals surface area contributed by atoms with Crippen molar-refractivity contribution in [2.75, 3.05) is 0 Å². The summed E-state index contributed by atoms with van der Waals surface area (Å²) < 4.78 is 40.8. The Bertz CT molecular complexity index is 765. The van der Waals surface area contributed by atoms with Gasteiger partial charge < -0.3 is 9.88 Å². The summed E-state index contributed by atoms with van der Waals surface area (Å²) in [6.07, 6.45) is 2.35. The fourth-order valence-corrected chi connectivity index (χ4v) is 2.63. The second-order valence-corrected chi connectivity index (χ2v) is 5.70. The number of imidazole rings is 1. The van der Waals surface area contributed by atoms with Gasteiger partial charge in [-0.2, -0.15) is 18.3 Å². The number of halogens is 3. The molecule has 0 aliphatic carbocycles. The van der Waals surface area contributed by atoms with Gasteiger partial charge in [0.2, 0.25) is 0 Å². The van der Waals surface area contributed by atoms with Crippen LogP contribution in [-0.2, 0) is 19.6 Å². The summed E-state index contributed by atoms with van der Waals surface area (Å²) in [5.74, 6) is 0. The van der Waals surface area contributed by atoms with Crippen LogP contribution < -0.4 is 5.32 Å².